The van der Waals surface area contributed by atoms with Crippen LogP contribution in [0.5, 0.6) is 0 Å². The Hall–Kier alpha value is 0.621. The van der Waals surface area contributed by atoms with Gasteiger partial charge in [0.05, 0.1) is 0 Å². The maximum absolute atomic E-state index is 8.78. The predicted molar refractivity (Wildman–Crippen MR) is 12.2 cm³/mol. The van der Waals surface area contributed by atoms with Gasteiger partial charge in [0.25, 0.3) is 0 Å². The number of hydrogen-bond acceptors (Lipinski definition) is 1. The van der Waals surface area contributed by atoms with Gasteiger partial charge in [0, 0.05) is 40.8 Å². The summed E-state index contributed by atoms with van der Waals surface area (Å²) in [5.41, 5.74) is 4.03. The van der Waals surface area contributed by atoms with Crippen molar-refractivity contribution in [2.75, 3.05) is 0 Å². The number of hydrogen-bond donors (Lipinski definition) is 2. The van der Waals surface area contributed by atoms with Crippen molar-refractivity contribution in [3.05, 3.63) is 0 Å². The molecule has 0 unspecified atom stereocenters. The molecule has 0 bridgehead atoms. The van der Waals surface area contributed by atoms with Crippen LogP contribution in [-0.2, 0) is 0 Å². The van der Waals surface area contributed by atoms with E-state index in [2.05, 4.69) is 5.73 Å². The van der Waals surface area contributed by atoms with Gasteiger partial charge in [-0.1, -0.05) is 0 Å². The van der Waals surface area contributed by atoms with Gasteiger partial charge in [-0.2, -0.15) is 0 Å². The summed E-state index contributed by atoms with van der Waals surface area (Å²) in [5.74, 6) is 0. The van der Waals surface area contributed by atoms with Crippen LogP contribution in [-0.4, -0.2) is 11.2 Å². The van der Waals surface area contributed by atoms with Gasteiger partial charge in [-0.3, -0.25) is 0 Å². The largest absolute Gasteiger partial charge is 0.465 e. The molecule has 0 radical (unpaired) electrons. The standard InChI is InChI=1S/CH3NO2.Nd/c2-1(3)4;/h2H2,(H,3,4);. The summed E-state index contributed by atoms with van der Waals surface area (Å²) in [5, 5.41) is 7.19. The zero-order chi connectivity index (χ0) is 3.58. The molecular formula is CH3NNdO2. The van der Waals surface area contributed by atoms with Gasteiger partial charge in [-0.05, 0) is 0 Å². The summed E-state index contributed by atoms with van der Waals surface area (Å²) in [6, 6.07) is 0. The van der Waals surface area contributed by atoms with Crippen molar-refractivity contribution in [3.63, 3.8) is 0 Å². The zero-order valence-electron chi connectivity index (χ0n) is 2.43. The normalized spacial score (nSPS) is 4.80. The Morgan fingerprint density at radius 1 is 1.80 bits per heavy atom. The smallest absolute Gasteiger partial charge is 0.402 e. The first kappa shape index (κ1) is 9.15. The van der Waals surface area contributed by atoms with E-state index in [0.29, 0.717) is 0 Å². The third kappa shape index (κ3) is 82.4. The van der Waals surface area contributed by atoms with E-state index < -0.39 is 6.09 Å². The van der Waals surface area contributed by atoms with Crippen LogP contribution in [0.1, 0.15) is 0 Å². The minimum Gasteiger partial charge on any atom is -0.465 e. The number of primary amides is 1. The van der Waals surface area contributed by atoms with Crippen molar-refractivity contribution >= 4 is 6.09 Å². The second-order valence-electron chi connectivity index (χ2n) is 0.338. The van der Waals surface area contributed by atoms with Gasteiger partial charge in [0.2, 0.25) is 0 Å². The van der Waals surface area contributed by atoms with Gasteiger partial charge >= 0.3 is 6.09 Å². The van der Waals surface area contributed by atoms with Crippen LogP contribution in [0, 0.1) is 40.8 Å². The summed E-state index contributed by atoms with van der Waals surface area (Å²) in [6.45, 7) is 0. The van der Waals surface area contributed by atoms with Crippen LogP contribution < -0.4 is 5.73 Å². The Balaban J connectivity index is 0. The Morgan fingerprint density at radius 3 is 1.80 bits per heavy atom. The van der Waals surface area contributed by atoms with E-state index in [-0.39, 0.29) is 40.8 Å². The van der Waals surface area contributed by atoms with Crippen molar-refractivity contribution in [1.82, 2.24) is 0 Å². The number of carbonyl (C=O) groups is 1. The predicted octanol–water partition coefficient (Wildman–Crippen LogP) is -0.377. The minimum atomic E-state index is -1.33. The first-order valence-electron chi connectivity index (χ1n) is 0.716. The van der Waals surface area contributed by atoms with E-state index in [4.69, 9.17) is 9.90 Å². The fourth-order valence-electron chi connectivity index (χ4n) is 0. The van der Waals surface area contributed by atoms with Gasteiger partial charge in [-0.25, -0.2) is 4.79 Å². The van der Waals surface area contributed by atoms with Gasteiger partial charge in [0.1, 0.15) is 0 Å². The van der Waals surface area contributed by atoms with Crippen LogP contribution in [0.4, 0.5) is 4.79 Å². The zero-order valence-corrected chi connectivity index (χ0v) is 5.64. The van der Waals surface area contributed by atoms with Crippen molar-refractivity contribution in [3.8, 4) is 0 Å². The number of rotatable bonds is 0. The van der Waals surface area contributed by atoms with E-state index in [0.717, 1.165) is 0 Å². The SMILES string of the molecule is NC(=O)O.[Nd]. The molecule has 3 nitrogen and oxygen atoms in total. The molecule has 0 aromatic rings. The van der Waals surface area contributed by atoms with Crippen LogP contribution >= 0.6 is 0 Å². The van der Waals surface area contributed by atoms with Crippen molar-refractivity contribution < 1.29 is 50.7 Å². The van der Waals surface area contributed by atoms with Gasteiger partial charge < -0.3 is 10.8 Å². The maximum atomic E-state index is 8.78. The van der Waals surface area contributed by atoms with Crippen LogP contribution in [0.15, 0.2) is 0 Å². The molecule has 0 heterocycles. The molecule has 0 aromatic heterocycles. The summed E-state index contributed by atoms with van der Waals surface area (Å²) in [4.78, 5) is 8.78. The quantitative estimate of drug-likeness (QED) is 0.566. The van der Waals surface area contributed by atoms with Gasteiger partial charge in [-0.15, -0.1) is 0 Å². The molecule has 0 fully saturated rings. The Morgan fingerprint density at radius 2 is 1.80 bits per heavy atom. The molecule has 1 amide bonds. The molecule has 3 N–H and O–H groups in total. The second kappa shape index (κ2) is 4.62. The van der Waals surface area contributed by atoms with E-state index in [9.17, 15) is 0 Å². The molecule has 0 aliphatic rings. The van der Waals surface area contributed by atoms with Crippen molar-refractivity contribution in [1.29, 1.82) is 0 Å². The average Bonchev–Trinajstić information content (AvgIpc) is 0.811. The molecular weight excluding hydrogens is 202 g/mol. The van der Waals surface area contributed by atoms with Crippen LogP contribution in [0.25, 0.3) is 0 Å². The maximum Gasteiger partial charge on any atom is 0.402 e. The van der Waals surface area contributed by atoms with E-state index in [1.807, 2.05) is 0 Å². The monoisotopic (exact) mass is 203 g/mol. The van der Waals surface area contributed by atoms with Gasteiger partial charge in [0.15, 0.2) is 0 Å². The number of carboxylic acid groups (broad SMARTS) is 1. The average molecular weight is 205 g/mol. The third-order valence-corrected chi connectivity index (χ3v) is 0. The van der Waals surface area contributed by atoms with E-state index in [1.54, 1.807) is 0 Å². The molecule has 0 spiro atoms. The first-order chi connectivity index (χ1) is 1.73. The number of nitrogens with two attached hydrogens (primary N) is 1. The third-order valence-electron chi connectivity index (χ3n) is 0. The summed E-state index contributed by atoms with van der Waals surface area (Å²) >= 11 is 0. The molecule has 0 saturated carbocycles. The van der Waals surface area contributed by atoms with Crippen LogP contribution in [0.3, 0.4) is 0 Å². The molecule has 0 rings (SSSR count). The van der Waals surface area contributed by atoms with E-state index >= 15 is 0 Å². The molecule has 0 saturated heterocycles. The van der Waals surface area contributed by atoms with Crippen LogP contribution in [0.2, 0.25) is 0 Å². The Kier molecular flexibility index (Phi) is 8.46. The molecule has 0 aromatic carbocycles. The topological polar surface area (TPSA) is 63.3 Å². The molecule has 5 heavy (non-hydrogen) atoms. The molecule has 4 heteroatoms. The Labute approximate surface area is 62.1 Å². The summed E-state index contributed by atoms with van der Waals surface area (Å²) in [6.07, 6.45) is -1.33. The van der Waals surface area contributed by atoms with Crippen molar-refractivity contribution in [2.45, 2.75) is 0 Å². The van der Waals surface area contributed by atoms with Crippen molar-refractivity contribution in [2.24, 2.45) is 5.73 Å². The molecule has 0 aliphatic carbocycles. The first-order valence-corrected chi connectivity index (χ1v) is 0.716. The van der Waals surface area contributed by atoms with E-state index in [1.165, 1.54) is 0 Å². The summed E-state index contributed by atoms with van der Waals surface area (Å²) < 4.78 is 0. The second-order valence-corrected chi connectivity index (χ2v) is 0.338. The number of amides is 1. The molecule has 28 valence electrons. The Bertz CT molecular complexity index is 32.6. The molecule has 0 atom stereocenters. The fourth-order valence-corrected chi connectivity index (χ4v) is 0. The fraction of sp³-hybridized carbons (Fsp3) is 0. The molecule has 0 aliphatic heterocycles. The summed E-state index contributed by atoms with van der Waals surface area (Å²) in [7, 11) is 0. The minimum absolute atomic E-state index is 0.